The van der Waals surface area contributed by atoms with Crippen LogP contribution in [-0.2, 0) is 4.79 Å². The van der Waals surface area contributed by atoms with Crippen LogP contribution in [0.1, 0.15) is 40.5 Å². The lowest BCUT2D eigenvalue weighted by molar-refractivity contribution is -0.148. The molecule has 0 radical (unpaired) electrons. The molecule has 1 unspecified atom stereocenters. The van der Waals surface area contributed by atoms with Gasteiger partial charge in [0, 0.05) is 12.5 Å². The first-order valence-electron chi connectivity index (χ1n) is 6.83. The van der Waals surface area contributed by atoms with E-state index in [2.05, 4.69) is 5.32 Å². The number of nitrogens with zero attached hydrogens (tertiary/aromatic N) is 1. The molecule has 2 N–H and O–H groups in total. The lowest BCUT2D eigenvalue weighted by Gasteiger charge is -2.43. The van der Waals surface area contributed by atoms with E-state index in [-0.39, 0.29) is 17.9 Å². The molecule has 0 aromatic heterocycles. The summed E-state index contributed by atoms with van der Waals surface area (Å²) >= 11 is 0. The number of hydrogen-bond donors (Lipinski definition) is 2. The Balaban J connectivity index is 2.80. The molecule has 1 rings (SSSR count). The fraction of sp³-hybridized carbons (Fsp3) is 0.929. The average molecular weight is 256 g/mol. The first-order chi connectivity index (χ1) is 8.23. The first kappa shape index (κ1) is 15.4. The van der Waals surface area contributed by atoms with Crippen LogP contribution < -0.4 is 5.32 Å². The topological polar surface area (TPSA) is 52.6 Å². The third kappa shape index (κ3) is 3.04. The van der Waals surface area contributed by atoms with Gasteiger partial charge < -0.3 is 15.3 Å². The summed E-state index contributed by atoms with van der Waals surface area (Å²) in [5.41, 5.74) is -0.884. The Morgan fingerprint density at radius 3 is 2.44 bits per heavy atom. The molecule has 106 valence electrons. The molecule has 1 atom stereocenters. The Morgan fingerprint density at radius 2 is 2.00 bits per heavy atom. The predicted molar refractivity (Wildman–Crippen MR) is 73.3 cm³/mol. The first-order valence-corrected chi connectivity index (χ1v) is 6.83. The summed E-state index contributed by atoms with van der Waals surface area (Å²) in [4.78, 5) is 14.4. The van der Waals surface area contributed by atoms with Crippen LogP contribution in [0.5, 0.6) is 0 Å². The Kier molecular flexibility index (Phi) is 4.78. The van der Waals surface area contributed by atoms with E-state index in [1.165, 1.54) is 0 Å². The van der Waals surface area contributed by atoms with Crippen LogP contribution in [0.3, 0.4) is 0 Å². The average Bonchev–Trinajstić information content (AvgIpc) is 2.37. The molecule has 0 spiro atoms. The van der Waals surface area contributed by atoms with Crippen LogP contribution >= 0.6 is 0 Å². The van der Waals surface area contributed by atoms with E-state index in [0.717, 1.165) is 25.9 Å². The van der Waals surface area contributed by atoms with Crippen LogP contribution in [0.4, 0.5) is 0 Å². The van der Waals surface area contributed by atoms with Gasteiger partial charge in [-0.2, -0.15) is 0 Å². The lowest BCUT2D eigenvalue weighted by atomic mass is 9.73. The highest BCUT2D eigenvalue weighted by molar-refractivity contribution is 5.82. The highest BCUT2D eigenvalue weighted by atomic mass is 16.3. The molecule has 1 saturated heterocycles. The zero-order valence-electron chi connectivity index (χ0n) is 12.4. The normalized spacial score (nSPS) is 21.8. The van der Waals surface area contributed by atoms with Crippen LogP contribution in [0.2, 0.25) is 0 Å². The maximum atomic E-state index is 12.7. The second kappa shape index (κ2) is 5.57. The minimum atomic E-state index is -0.504. The second-order valence-electron chi connectivity index (χ2n) is 6.60. The molecule has 0 saturated carbocycles. The zero-order chi connectivity index (χ0) is 14.0. The van der Waals surface area contributed by atoms with E-state index in [1.54, 1.807) is 11.9 Å². The van der Waals surface area contributed by atoms with Gasteiger partial charge in [-0.1, -0.05) is 13.8 Å². The van der Waals surface area contributed by atoms with Gasteiger partial charge >= 0.3 is 0 Å². The molecule has 1 fully saturated rings. The van der Waals surface area contributed by atoms with E-state index in [4.69, 9.17) is 0 Å². The van der Waals surface area contributed by atoms with Crippen molar-refractivity contribution in [3.05, 3.63) is 0 Å². The van der Waals surface area contributed by atoms with Crippen LogP contribution in [-0.4, -0.2) is 48.2 Å². The van der Waals surface area contributed by atoms with Gasteiger partial charge in [0.2, 0.25) is 5.91 Å². The van der Waals surface area contributed by atoms with Crippen molar-refractivity contribution in [1.29, 1.82) is 0 Å². The van der Waals surface area contributed by atoms with Crippen molar-refractivity contribution in [2.75, 3.05) is 26.7 Å². The summed E-state index contributed by atoms with van der Waals surface area (Å²) in [5, 5.41) is 12.8. The number of piperidine rings is 1. The highest BCUT2D eigenvalue weighted by Gasteiger charge is 2.42. The second-order valence-corrected chi connectivity index (χ2v) is 6.60. The number of nitrogens with one attached hydrogen (secondary N) is 1. The minimum absolute atomic E-state index is 0.0196. The van der Waals surface area contributed by atoms with Gasteiger partial charge in [0.15, 0.2) is 0 Å². The number of aliphatic hydroxyl groups excluding tert-OH is 1. The van der Waals surface area contributed by atoms with Gasteiger partial charge in [0.1, 0.15) is 0 Å². The minimum Gasteiger partial charge on any atom is -0.394 e. The summed E-state index contributed by atoms with van der Waals surface area (Å²) in [6.45, 7) is 9.77. The van der Waals surface area contributed by atoms with E-state index in [0.29, 0.717) is 5.92 Å². The summed E-state index contributed by atoms with van der Waals surface area (Å²) in [7, 11) is 1.79. The molecular weight excluding hydrogens is 228 g/mol. The molecule has 4 heteroatoms. The smallest absolute Gasteiger partial charge is 0.228 e. The Labute approximate surface area is 111 Å². The Morgan fingerprint density at radius 1 is 1.39 bits per heavy atom. The third-order valence-corrected chi connectivity index (χ3v) is 4.47. The van der Waals surface area contributed by atoms with Crippen molar-refractivity contribution in [2.45, 2.75) is 46.1 Å². The monoisotopic (exact) mass is 256 g/mol. The van der Waals surface area contributed by atoms with Gasteiger partial charge in [-0.25, -0.2) is 0 Å². The zero-order valence-corrected chi connectivity index (χ0v) is 12.4. The standard InChI is InChI=1S/C14H28N2O2/c1-13(2,10-17)16(5)12(18)14(3,4)11-7-6-8-15-9-11/h11,15,17H,6-10H2,1-5H3. The van der Waals surface area contributed by atoms with Crippen LogP contribution in [0.15, 0.2) is 0 Å². The molecule has 1 aliphatic rings. The largest absolute Gasteiger partial charge is 0.394 e. The molecule has 0 aliphatic carbocycles. The fourth-order valence-corrected chi connectivity index (χ4v) is 2.46. The summed E-state index contributed by atoms with van der Waals surface area (Å²) in [6.07, 6.45) is 2.23. The molecule has 0 aromatic rings. The van der Waals surface area contributed by atoms with Crippen molar-refractivity contribution < 1.29 is 9.90 Å². The molecule has 0 bridgehead atoms. The van der Waals surface area contributed by atoms with Gasteiger partial charge in [0.05, 0.1) is 12.1 Å². The molecule has 18 heavy (non-hydrogen) atoms. The lowest BCUT2D eigenvalue weighted by Crippen LogP contribution is -2.55. The van der Waals surface area contributed by atoms with Crippen molar-refractivity contribution in [3.63, 3.8) is 0 Å². The maximum Gasteiger partial charge on any atom is 0.228 e. The number of carbonyl (C=O) groups is 1. The van der Waals surface area contributed by atoms with Crippen LogP contribution in [0.25, 0.3) is 0 Å². The Bertz CT molecular complexity index is 294. The number of aliphatic hydroxyl groups is 1. The molecule has 1 amide bonds. The quantitative estimate of drug-likeness (QED) is 0.796. The van der Waals surface area contributed by atoms with E-state index < -0.39 is 5.54 Å². The molecule has 1 heterocycles. The predicted octanol–water partition coefficient (Wildman–Crippen LogP) is 1.24. The van der Waals surface area contributed by atoms with Crippen molar-refractivity contribution >= 4 is 5.91 Å². The van der Waals surface area contributed by atoms with E-state index in [1.807, 2.05) is 27.7 Å². The van der Waals surface area contributed by atoms with Gasteiger partial charge in [0.25, 0.3) is 0 Å². The van der Waals surface area contributed by atoms with Gasteiger partial charge in [-0.15, -0.1) is 0 Å². The Hall–Kier alpha value is -0.610. The van der Waals surface area contributed by atoms with Crippen LogP contribution in [0, 0.1) is 11.3 Å². The third-order valence-electron chi connectivity index (χ3n) is 4.47. The van der Waals surface area contributed by atoms with Crippen molar-refractivity contribution in [3.8, 4) is 0 Å². The van der Waals surface area contributed by atoms with E-state index >= 15 is 0 Å². The SMILES string of the molecule is CN(C(=O)C(C)(C)C1CCCNC1)C(C)(C)CO. The molecule has 0 aromatic carbocycles. The van der Waals surface area contributed by atoms with Gasteiger partial charge in [-0.3, -0.25) is 4.79 Å². The number of rotatable bonds is 4. The summed E-state index contributed by atoms with van der Waals surface area (Å²) < 4.78 is 0. The van der Waals surface area contributed by atoms with Gasteiger partial charge in [-0.05, 0) is 45.7 Å². The van der Waals surface area contributed by atoms with Crippen molar-refractivity contribution in [2.24, 2.45) is 11.3 Å². The number of hydrogen-bond acceptors (Lipinski definition) is 3. The molecular formula is C14H28N2O2. The summed E-state index contributed by atoms with van der Waals surface area (Å²) in [6, 6.07) is 0. The van der Waals surface area contributed by atoms with Crippen molar-refractivity contribution in [1.82, 2.24) is 10.2 Å². The highest BCUT2D eigenvalue weighted by Crippen LogP contribution is 2.34. The fourth-order valence-electron chi connectivity index (χ4n) is 2.46. The number of carbonyl (C=O) groups excluding carboxylic acids is 1. The maximum absolute atomic E-state index is 12.7. The summed E-state index contributed by atoms with van der Waals surface area (Å²) in [5.74, 6) is 0.492. The van der Waals surface area contributed by atoms with E-state index in [9.17, 15) is 9.90 Å². The molecule has 4 nitrogen and oxygen atoms in total. The number of likely N-dealkylation sites (N-methyl/N-ethyl adjacent to an activating group) is 1. The number of amides is 1. The molecule has 1 aliphatic heterocycles.